The highest BCUT2D eigenvalue weighted by molar-refractivity contribution is 7.92. The number of carboxylic acids is 1. The van der Waals surface area contributed by atoms with Crippen LogP contribution in [0.5, 0.6) is 5.75 Å². The molecular formula is C31H41N3O5S. The monoisotopic (exact) mass is 567 g/mol. The van der Waals surface area contributed by atoms with Gasteiger partial charge in [-0.15, -0.1) is 0 Å². The molecule has 1 unspecified atom stereocenters. The van der Waals surface area contributed by atoms with Gasteiger partial charge in [0, 0.05) is 22.5 Å². The molecule has 216 valence electrons. The highest BCUT2D eigenvalue weighted by Gasteiger charge is 2.24. The van der Waals surface area contributed by atoms with Crippen LogP contribution in [0.4, 0.5) is 0 Å². The van der Waals surface area contributed by atoms with E-state index in [0.717, 1.165) is 54.1 Å². The standard InChI is InChI=1S/C31H41N3O5S/c1-2-23(19-26-21-33-29-9-4-3-8-28(26)29)22-40(37,38)34-30(31(35)36)20-25-10-12-27(13-11-25)39-18-6-5-7-24-14-16-32-17-15-24/h3-4,8-13,21-22,24,30,32-34H,2,5-7,14-20H2,1H3,(H,35,36)/b23-22+. The van der Waals surface area contributed by atoms with E-state index in [-0.39, 0.29) is 6.42 Å². The molecule has 4 N–H and O–H groups in total. The maximum absolute atomic E-state index is 12.9. The zero-order chi connectivity index (χ0) is 28.4. The molecule has 0 amide bonds. The molecule has 0 spiro atoms. The summed E-state index contributed by atoms with van der Waals surface area (Å²) in [5, 5.41) is 15.4. The van der Waals surface area contributed by atoms with Crippen LogP contribution < -0.4 is 14.8 Å². The van der Waals surface area contributed by atoms with Gasteiger partial charge in [0.15, 0.2) is 0 Å². The number of unbranched alkanes of at least 4 members (excludes halogenated alkanes) is 1. The van der Waals surface area contributed by atoms with E-state index in [4.69, 9.17) is 4.74 Å². The van der Waals surface area contributed by atoms with Crippen molar-refractivity contribution in [2.75, 3.05) is 19.7 Å². The van der Waals surface area contributed by atoms with Gasteiger partial charge in [-0.05, 0) is 93.3 Å². The first-order valence-corrected chi connectivity index (χ1v) is 15.8. The molecular weight excluding hydrogens is 526 g/mol. The molecule has 4 rings (SSSR count). The largest absolute Gasteiger partial charge is 0.494 e. The molecule has 0 saturated carbocycles. The Morgan fingerprint density at radius 3 is 2.60 bits per heavy atom. The van der Waals surface area contributed by atoms with Crippen molar-refractivity contribution in [3.8, 4) is 5.75 Å². The van der Waals surface area contributed by atoms with Crippen LogP contribution in [0, 0.1) is 5.92 Å². The molecule has 9 heteroatoms. The summed E-state index contributed by atoms with van der Waals surface area (Å²) in [5.41, 5.74) is 3.40. The van der Waals surface area contributed by atoms with Gasteiger partial charge in [0.1, 0.15) is 11.8 Å². The number of fused-ring (bicyclic) bond motifs is 1. The fourth-order valence-electron chi connectivity index (χ4n) is 5.26. The number of aromatic nitrogens is 1. The maximum atomic E-state index is 12.9. The summed E-state index contributed by atoms with van der Waals surface area (Å²) in [6, 6.07) is 13.8. The highest BCUT2D eigenvalue weighted by atomic mass is 32.2. The lowest BCUT2D eigenvalue weighted by Crippen LogP contribution is -2.41. The number of sulfonamides is 1. The Labute approximate surface area is 237 Å². The third-order valence-electron chi connectivity index (χ3n) is 7.57. The summed E-state index contributed by atoms with van der Waals surface area (Å²) in [6.45, 7) is 4.79. The van der Waals surface area contributed by atoms with Crippen LogP contribution in [0.1, 0.15) is 56.6 Å². The van der Waals surface area contributed by atoms with Crippen molar-refractivity contribution in [2.24, 2.45) is 5.92 Å². The van der Waals surface area contributed by atoms with Crippen molar-refractivity contribution in [2.45, 2.75) is 64.3 Å². The number of carboxylic acid groups (broad SMARTS) is 1. The van der Waals surface area contributed by atoms with Gasteiger partial charge in [-0.1, -0.05) is 49.2 Å². The molecule has 0 aliphatic carbocycles. The third kappa shape index (κ3) is 8.94. The van der Waals surface area contributed by atoms with Crippen LogP contribution in [-0.4, -0.2) is 50.2 Å². The third-order valence-corrected chi connectivity index (χ3v) is 8.83. The number of hydrogen-bond acceptors (Lipinski definition) is 5. The molecule has 8 nitrogen and oxygen atoms in total. The summed E-state index contributed by atoms with van der Waals surface area (Å²) in [4.78, 5) is 15.2. The minimum absolute atomic E-state index is 0.0306. The number of aliphatic carboxylic acids is 1. The summed E-state index contributed by atoms with van der Waals surface area (Å²) in [6.07, 6.45) is 8.82. The van der Waals surface area contributed by atoms with E-state index in [1.807, 2.05) is 49.5 Å². The van der Waals surface area contributed by atoms with Gasteiger partial charge < -0.3 is 20.1 Å². The number of benzene rings is 2. The Balaban J connectivity index is 1.29. The SMILES string of the molecule is CC/C(=C\S(=O)(=O)NC(Cc1ccc(OCCCCC2CCNCC2)cc1)C(=O)O)Cc1c[nH]c2ccccc12. The van der Waals surface area contributed by atoms with Crippen molar-refractivity contribution < 1.29 is 23.1 Å². The predicted octanol–water partition coefficient (Wildman–Crippen LogP) is 5.17. The van der Waals surface area contributed by atoms with Crippen LogP contribution in [0.3, 0.4) is 0 Å². The summed E-state index contributed by atoms with van der Waals surface area (Å²) in [7, 11) is -3.98. The average molecular weight is 568 g/mol. The van der Waals surface area contributed by atoms with Gasteiger partial charge in [0.25, 0.3) is 0 Å². The second-order valence-corrected chi connectivity index (χ2v) is 12.2. The lowest BCUT2D eigenvalue weighted by molar-refractivity contribution is -0.138. The Morgan fingerprint density at radius 1 is 1.12 bits per heavy atom. The molecule has 2 heterocycles. The molecule has 1 saturated heterocycles. The summed E-state index contributed by atoms with van der Waals surface area (Å²) >= 11 is 0. The van der Waals surface area contributed by atoms with Gasteiger partial charge in [-0.3, -0.25) is 4.79 Å². The molecule has 0 radical (unpaired) electrons. The molecule has 2 aromatic carbocycles. The minimum atomic E-state index is -3.98. The lowest BCUT2D eigenvalue weighted by atomic mass is 9.93. The first kappa shape index (κ1) is 29.8. The van der Waals surface area contributed by atoms with Crippen LogP contribution in [0.2, 0.25) is 0 Å². The van der Waals surface area contributed by atoms with Gasteiger partial charge >= 0.3 is 5.97 Å². The molecule has 1 atom stereocenters. The Morgan fingerprint density at radius 2 is 1.88 bits per heavy atom. The second-order valence-electron chi connectivity index (χ2n) is 10.6. The number of hydrogen-bond donors (Lipinski definition) is 4. The fourth-order valence-corrected chi connectivity index (χ4v) is 6.59. The van der Waals surface area contributed by atoms with E-state index in [1.54, 1.807) is 12.1 Å². The zero-order valence-corrected chi connectivity index (χ0v) is 24.0. The van der Waals surface area contributed by atoms with Gasteiger partial charge in [0.05, 0.1) is 6.61 Å². The molecule has 3 aromatic rings. The molecule has 0 bridgehead atoms. The quantitative estimate of drug-likeness (QED) is 0.188. The number of piperidine rings is 1. The summed E-state index contributed by atoms with van der Waals surface area (Å²) in [5.74, 6) is 0.329. The van der Waals surface area contributed by atoms with E-state index in [2.05, 4.69) is 15.0 Å². The molecule has 1 aliphatic heterocycles. The predicted molar refractivity (Wildman–Crippen MR) is 159 cm³/mol. The van der Waals surface area contributed by atoms with Crippen molar-refractivity contribution in [1.29, 1.82) is 0 Å². The van der Waals surface area contributed by atoms with E-state index in [9.17, 15) is 18.3 Å². The average Bonchev–Trinajstić information content (AvgIpc) is 3.36. The molecule has 1 fully saturated rings. The number of carbonyl (C=O) groups is 1. The van der Waals surface area contributed by atoms with Gasteiger partial charge in [-0.25, -0.2) is 8.42 Å². The van der Waals surface area contributed by atoms with E-state index >= 15 is 0 Å². The van der Waals surface area contributed by atoms with Crippen molar-refractivity contribution in [1.82, 2.24) is 15.0 Å². The first-order chi connectivity index (χ1) is 19.3. The van der Waals surface area contributed by atoms with E-state index in [0.29, 0.717) is 30.6 Å². The van der Waals surface area contributed by atoms with Gasteiger partial charge in [0.2, 0.25) is 10.0 Å². The number of nitrogens with one attached hydrogen (secondary N) is 3. The number of H-pyrrole nitrogens is 1. The number of rotatable bonds is 15. The van der Waals surface area contributed by atoms with Crippen LogP contribution in [-0.2, 0) is 27.7 Å². The molecule has 40 heavy (non-hydrogen) atoms. The second kappa shape index (κ2) is 14.5. The number of aromatic amines is 1. The topological polar surface area (TPSA) is 121 Å². The fraction of sp³-hybridized carbons (Fsp3) is 0.452. The Kier molecular flexibility index (Phi) is 10.8. The molecule has 1 aromatic heterocycles. The van der Waals surface area contributed by atoms with E-state index < -0.39 is 22.0 Å². The first-order valence-electron chi connectivity index (χ1n) is 14.2. The van der Waals surface area contributed by atoms with Crippen molar-refractivity contribution in [3.05, 3.63) is 76.8 Å². The van der Waals surface area contributed by atoms with E-state index in [1.165, 1.54) is 24.7 Å². The van der Waals surface area contributed by atoms with Crippen molar-refractivity contribution >= 4 is 26.9 Å². The number of ether oxygens (including phenoxy) is 1. The maximum Gasteiger partial charge on any atom is 0.322 e. The minimum Gasteiger partial charge on any atom is -0.494 e. The van der Waals surface area contributed by atoms with Gasteiger partial charge in [-0.2, -0.15) is 4.72 Å². The normalized spacial score (nSPS) is 15.8. The lowest BCUT2D eigenvalue weighted by Gasteiger charge is -2.22. The van der Waals surface area contributed by atoms with Crippen molar-refractivity contribution in [3.63, 3.8) is 0 Å². The Bertz CT molecular complexity index is 1380. The number of para-hydroxylation sites is 1. The van der Waals surface area contributed by atoms with Crippen LogP contribution >= 0.6 is 0 Å². The summed E-state index contributed by atoms with van der Waals surface area (Å²) < 4.78 is 34.1. The smallest absolute Gasteiger partial charge is 0.322 e. The zero-order valence-electron chi connectivity index (χ0n) is 23.2. The highest BCUT2D eigenvalue weighted by Crippen LogP contribution is 2.23. The number of allylic oxidation sites excluding steroid dienone is 1. The Hall–Kier alpha value is -3.14. The van der Waals surface area contributed by atoms with Crippen LogP contribution in [0.25, 0.3) is 10.9 Å². The molecule has 1 aliphatic rings. The van der Waals surface area contributed by atoms with Crippen LogP contribution in [0.15, 0.2) is 65.7 Å².